The van der Waals surface area contributed by atoms with Gasteiger partial charge in [0.25, 0.3) is 0 Å². The van der Waals surface area contributed by atoms with E-state index >= 15 is 0 Å². The van der Waals surface area contributed by atoms with Crippen LogP contribution in [0.4, 0.5) is 10.1 Å². The lowest BCUT2D eigenvalue weighted by Crippen LogP contribution is -2.27. The molecule has 5 heteroatoms. The summed E-state index contributed by atoms with van der Waals surface area (Å²) in [6, 6.07) is 5.53. The van der Waals surface area contributed by atoms with E-state index in [1.165, 1.54) is 24.3 Å². The number of halogens is 1. The zero-order chi connectivity index (χ0) is 13.8. The highest BCUT2D eigenvalue weighted by Gasteiger charge is 2.47. The lowest BCUT2D eigenvalue weighted by atomic mass is 10.2. The first-order chi connectivity index (χ1) is 9.11. The summed E-state index contributed by atoms with van der Waals surface area (Å²) in [5.41, 5.74) is 0.531. The number of hydrogen-bond donors (Lipinski definition) is 2. The number of benzene rings is 1. The molecule has 0 heterocycles. The van der Waals surface area contributed by atoms with Crippen LogP contribution in [0.5, 0.6) is 0 Å². The Morgan fingerprint density at radius 1 is 1.26 bits per heavy atom. The van der Waals surface area contributed by atoms with E-state index < -0.39 is 0 Å². The van der Waals surface area contributed by atoms with E-state index in [0.29, 0.717) is 18.7 Å². The highest BCUT2D eigenvalue weighted by atomic mass is 19.1. The molecule has 100 valence electrons. The topological polar surface area (TPSA) is 58.2 Å². The maximum absolute atomic E-state index is 12.7. The summed E-state index contributed by atoms with van der Waals surface area (Å²) in [6.45, 7) is 3.91. The molecule has 2 atom stereocenters. The van der Waals surface area contributed by atoms with E-state index in [1.54, 1.807) is 6.08 Å². The molecule has 1 saturated carbocycles. The van der Waals surface area contributed by atoms with Gasteiger partial charge in [-0.05, 0) is 30.7 Å². The molecule has 1 aromatic rings. The molecule has 0 radical (unpaired) electrons. The Bertz CT molecular complexity index is 499. The molecule has 0 saturated heterocycles. The predicted octanol–water partition coefficient (Wildman–Crippen LogP) is 1.70. The number of nitrogens with one attached hydrogen (secondary N) is 2. The molecule has 1 aliphatic rings. The number of rotatable bonds is 5. The standard InChI is InChI=1S/C14H15FN2O2/c1-2-7-16-13(18)11-8-12(11)14(19)17-10-5-3-9(15)4-6-10/h2-6,11-12H,1,7-8H2,(H,16,18)(H,17,19). The third-order valence-electron chi connectivity index (χ3n) is 3.00. The molecule has 2 rings (SSSR count). The second-order valence-corrected chi connectivity index (χ2v) is 4.48. The SMILES string of the molecule is C=CCNC(=O)C1CC1C(=O)Nc1ccc(F)cc1. The van der Waals surface area contributed by atoms with Gasteiger partial charge in [-0.1, -0.05) is 6.08 Å². The molecule has 0 spiro atoms. The Balaban J connectivity index is 1.84. The van der Waals surface area contributed by atoms with Crippen molar-refractivity contribution in [3.8, 4) is 0 Å². The fourth-order valence-electron chi connectivity index (χ4n) is 1.85. The van der Waals surface area contributed by atoms with Crippen LogP contribution in [0.25, 0.3) is 0 Å². The maximum Gasteiger partial charge on any atom is 0.228 e. The van der Waals surface area contributed by atoms with E-state index in [-0.39, 0.29) is 29.5 Å². The summed E-state index contributed by atoms with van der Waals surface area (Å²) in [6.07, 6.45) is 2.14. The highest BCUT2D eigenvalue weighted by Crippen LogP contribution is 2.39. The smallest absolute Gasteiger partial charge is 0.228 e. The van der Waals surface area contributed by atoms with E-state index in [9.17, 15) is 14.0 Å². The Morgan fingerprint density at radius 3 is 2.53 bits per heavy atom. The molecule has 0 bridgehead atoms. The third kappa shape index (κ3) is 3.40. The van der Waals surface area contributed by atoms with Crippen LogP contribution in [0.1, 0.15) is 6.42 Å². The van der Waals surface area contributed by atoms with E-state index in [4.69, 9.17) is 0 Å². The van der Waals surface area contributed by atoms with Gasteiger partial charge < -0.3 is 10.6 Å². The molecule has 4 nitrogen and oxygen atoms in total. The molecule has 2 unspecified atom stereocenters. The van der Waals surface area contributed by atoms with E-state index in [1.807, 2.05) is 0 Å². The van der Waals surface area contributed by atoms with Crippen molar-refractivity contribution in [3.05, 3.63) is 42.7 Å². The van der Waals surface area contributed by atoms with Crippen LogP contribution >= 0.6 is 0 Å². The number of amides is 2. The van der Waals surface area contributed by atoms with Crippen LogP contribution in [0.3, 0.4) is 0 Å². The Hall–Kier alpha value is -2.17. The van der Waals surface area contributed by atoms with Crippen LogP contribution in [-0.4, -0.2) is 18.4 Å². The summed E-state index contributed by atoms with van der Waals surface area (Å²) in [5.74, 6) is -1.24. The summed E-state index contributed by atoms with van der Waals surface area (Å²) in [7, 11) is 0. The van der Waals surface area contributed by atoms with Crippen molar-refractivity contribution in [2.24, 2.45) is 11.8 Å². The molecule has 2 amide bonds. The lowest BCUT2D eigenvalue weighted by Gasteiger charge is -2.05. The van der Waals surface area contributed by atoms with Gasteiger partial charge in [0.1, 0.15) is 5.82 Å². The van der Waals surface area contributed by atoms with Crippen molar-refractivity contribution in [2.45, 2.75) is 6.42 Å². The van der Waals surface area contributed by atoms with Crippen LogP contribution < -0.4 is 10.6 Å². The van der Waals surface area contributed by atoms with Crippen LogP contribution in [-0.2, 0) is 9.59 Å². The zero-order valence-electron chi connectivity index (χ0n) is 10.4. The Morgan fingerprint density at radius 2 is 1.89 bits per heavy atom. The van der Waals surface area contributed by atoms with Crippen molar-refractivity contribution in [1.82, 2.24) is 5.32 Å². The van der Waals surface area contributed by atoms with Crippen LogP contribution in [0, 0.1) is 17.7 Å². The van der Waals surface area contributed by atoms with Gasteiger partial charge in [0.2, 0.25) is 11.8 Å². The highest BCUT2D eigenvalue weighted by molar-refractivity contribution is 5.99. The average molecular weight is 262 g/mol. The average Bonchev–Trinajstić information content (AvgIpc) is 3.19. The second-order valence-electron chi connectivity index (χ2n) is 4.48. The molecule has 2 N–H and O–H groups in total. The van der Waals surface area contributed by atoms with E-state index in [2.05, 4.69) is 17.2 Å². The normalized spacial score (nSPS) is 20.5. The molecule has 1 fully saturated rings. The Labute approximate surface area is 110 Å². The van der Waals surface area contributed by atoms with Crippen molar-refractivity contribution < 1.29 is 14.0 Å². The van der Waals surface area contributed by atoms with Gasteiger partial charge in [-0.2, -0.15) is 0 Å². The van der Waals surface area contributed by atoms with Crippen molar-refractivity contribution in [3.63, 3.8) is 0 Å². The fourth-order valence-corrected chi connectivity index (χ4v) is 1.85. The minimum absolute atomic E-state index is 0.126. The van der Waals surface area contributed by atoms with Gasteiger partial charge in [-0.15, -0.1) is 6.58 Å². The molecule has 0 aromatic heterocycles. The molecule has 1 aromatic carbocycles. The molecular formula is C14H15FN2O2. The quantitative estimate of drug-likeness (QED) is 0.793. The number of hydrogen-bond acceptors (Lipinski definition) is 2. The predicted molar refractivity (Wildman–Crippen MR) is 69.8 cm³/mol. The first-order valence-electron chi connectivity index (χ1n) is 6.07. The van der Waals surface area contributed by atoms with Gasteiger partial charge in [-0.3, -0.25) is 9.59 Å². The van der Waals surface area contributed by atoms with Crippen molar-refractivity contribution in [2.75, 3.05) is 11.9 Å². The lowest BCUT2D eigenvalue weighted by molar-refractivity contribution is -0.125. The minimum atomic E-state index is -0.355. The third-order valence-corrected chi connectivity index (χ3v) is 3.00. The fraction of sp³-hybridized carbons (Fsp3) is 0.286. The minimum Gasteiger partial charge on any atom is -0.352 e. The van der Waals surface area contributed by atoms with Gasteiger partial charge in [0.15, 0.2) is 0 Å². The number of anilines is 1. The summed E-state index contributed by atoms with van der Waals surface area (Å²) in [5, 5.41) is 5.33. The summed E-state index contributed by atoms with van der Waals surface area (Å²) in [4.78, 5) is 23.4. The second kappa shape index (κ2) is 5.65. The first kappa shape index (κ1) is 13.3. The molecule has 0 aliphatic heterocycles. The number of carbonyl (C=O) groups is 2. The maximum atomic E-state index is 12.7. The monoisotopic (exact) mass is 262 g/mol. The first-order valence-corrected chi connectivity index (χ1v) is 6.07. The molecule has 1 aliphatic carbocycles. The molecule has 19 heavy (non-hydrogen) atoms. The van der Waals surface area contributed by atoms with E-state index in [0.717, 1.165) is 0 Å². The summed E-state index contributed by atoms with van der Waals surface area (Å²) < 4.78 is 12.7. The van der Waals surface area contributed by atoms with Gasteiger partial charge in [0.05, 0.1) is 11.8 Å². The number of carbonyl (C=O) groups excluding carboxylic acids is 2. The molecular weight excluding hydrogens is 247 g/mol. The van der Waals surface area contributed by atoms with Crippen molar-refractivity contribution in [1.29, 1.82) is 0 Å². The Kier molecular flexibility index (Phi) is 3.94. The van der Waals surface area contributed by atoms with Crippen LogP contribution in [0.15, 0.2) is 36.9 Å². The zero-order valence-corrected chi connectivity index (χ0v) is 10.4. The van der Waals surface area contributed by atoms with Crippen LogP contribution in [0.2, 0.25) is 0 Å². The summed E-state index contributed by atoms with van der Waals surface area (Å²) >= 11 is 0. The van der Waals surface area contributed by atoms with Crippen molar-refractivity contribution >= 4 is 17.5 Å². The van der Waals surface area contributed by atoms with Gasteiger partial charge >= 0.3 is 0 Å². The largest absolute Gasteiger partial charge is 0.352 e. The van der Waals surface area contributed by atoms with Gasteiger partial charge in [-0.25, -0.2) is 4.39 Å². The van der Waals surface area contributed by atoms with Gasteiger partial charge in [0, 0.05) is 12.2 Å².